The molecule has 0 aliphatic carbocycles. The van der Waals surface area contributed by atoms with Crippen molar-refractivity contribution in [3.63, 3.8) is 0 Å². The van der Waals surface area contributed by atoms with Gasteiger partial charge in [-0.05, 0) is 42.0 Å². The predicted octanol–water partition coefficient (Wildman–Crippen LogP) is 1.36. The highest BCUT2D eigenvalue weighted by Crippen LogP contribution is 2.35. The molecular weight excluding hydrogens is 398 g/mol. The molecule has 4 N–H and O–H groups in total. The number of benzene rings is 1. The van der Waals surface area contributed by atoms with Crippen LogP contribution in [0.5, 0.6) is 0 Å². The molecule has 160 valence electrons. The molecule has 0 spiro atoms. The van der Waals surface area contributed by atoms with Crippen LogP contribution in [0.25, 0.3) is 0 Å². The van der Waals surface area contributed by atoms with Crippen LogP contribution in [0.3, 0.4) is 0 Å². The standard InChI is InChI=1S/C22H23N5O4/c1-12-2-5-18(13-3-4-17-14(6-13)9-25-20(17)29)27(11-12)22(31)21(30)26-16-7-15(19(23)28)8-24-10-16/h3-4,6-8,10,12,18H,2,5,9,11H2,1H3,(H2,23,28)(H,25,29)(H,26,30)/t12-,18+/m0/s1. The topological polar surface area (TPSA) is 134 Å². The number of carbonyl (C=O) groups is 4. The van der Waals surface area contributed by atoms with Crippen molar-refractivity contribution in [2.24, 2.45) is 11.7 Å². The number of pyridine rings is 1. The number of rotatable bonds is 3. The first-order valence-corrected chi connectivity index (χ1v) is 10.1. The molecule has 3 heterocycles. The molecule has 2 aliphatic rings. The van der Waals surface area contributed by atoms with Crippen LogP contribution in [0.2, 0.25) is 0 Å². The average molecular weight is 421 g/mol. The van der Waals surface area contributed by atoms with Gasteiger partial charge in [-0.15, -0.1) is 0 Å². The highest BCUT2D eigenvalue weighted by Gasteiger charge is 2.35. The van der Waals surface area contributed by atoms with Crippen LogP contribution in [0.1, 0.15) is 57.7 Å². The van der Waals surface area contributed by atoms with Crippen LogP contribution in [0.4, 0.5) is 5.69 Å². The zero-order valence-corrected chi connectivity index (χ0v) is 17.1. The molecule has 4 amide bonds. The number of primary amides is 1. The number of nitrogens with one attached hydrogen (secondary N) is 2. The fourth-order valence-electron chi connectivity index (χ4n) is 4.14. The number of likely N-dealkylation sites (tertiary alicyclic amines) is 1. The molecule has 2 atom stereocenters. The molecule has 9 nitrogen and oxygen atoms in total. The Morgan fingerprint density at radius 1 is 1.19 bits per heavy atom. The fraction of sp³-hybridized carbons (Fsp3) is 0.318. The molecule has 1 aromatic carbocycles. The number of aromatic nitrogens is 1. The van der Waals surface area contributed by atoms with Gasteiger partial charge in [0.1, 0.15) is 0 Å². The van der Waals surface area contributed by atoms with Crippen molar-refractivity contribution in [3.8, 4) is 0 Å². The molecule has 4 rings (SSSR count). The number of anilines is 1. The van der Waals surface area contributed by atoms with Gasteiger partial charge < -0.3 is 21.3 Å². The van der Waals surface area contributed by atoms with E-state index >= 15 is 0 Å². The van der Waals surface area contributed by atoms with Gasteiger partial charge in [-0.2, -0.15) is 0 Å². The molecular formula is C22H23N5O4. The van der Waals surface area contributed by atoms with E-state index in [9.17, 15) is 19.2 Å². The number of amides is 4. The Balaban J connectivity index is 1.56. The second-order valence-electron chi connectivity index (χ2n) is 8.04. The summed E-state index contributed by atoms with van der Waals surface area (Å²) in [5.41, 5.74) is 8.04. The first kappa shape index (κ1) is 20.5. The number of nitrogens with zero attached hydrogens (tertiary/aromatic N) is 2. The Bertz CT molecular complexity index is 1080. The zero-order chi connectivity index (χ0) is 22.1. The van der Waals surface area contributed by atoms with E-state index in [0.29, 0.717) is 18.7 Å². The van der Waals surface area contributed by atoms with E-state index in [1.165, 1.54) is 18.5 Å². The second-order valence-corrected chi connectivity index (χ2v) is 8.04. The summed E-state index contributed by atoms with van der Waals surface area (Å²) in [5.74, 6) is -1.98. The Hall–Kier alpha value is -3.75. The summed E-state index contributed by atoms with van der Waals surface area (Å²) in [7, 11) is 0. The average Bonchev–Trinajstić information content (AvgIpc) is 3.13. The van der Waals surface area contributed by atoms with Gasteiger partial charge in [0.05, 0.1) is 23.5 Å². The van der Waals surface area contributed by atoms with Crippen LogP contribution in [-0.4, -0.2) is 40.1 Å². The quantitative estimate of drug-likeness (QED) is 0.643. The molecule has 9 heteroatoms. The minimum absolute atomic E-state index is 0.0991. The van der Waals surface area contributed by atoms with E-state index < -0.39 is 17.7 Å². The van der Waals surface area contributed by atoms with Gasteiger partial charge in [0, 0.05) is 24.8 Å². The van der Waals surface area contributed by atoms with Gasteiger partial charge in [0.2, 0.25) is 5.91 Å². The molecule has 0 bridgehead atoms. The summed E-state index contributed by atoms with van der Waals surface area (Å²) in [6, 6.07) is 6.68. The van der Waals surface area contributed by atoms with E-state index in [1.807, 2.05) is 19.1 Å². The minimum Gasteiger partial charge on any atom is -0.366 e. The van der Waals surface area contributed by atoms with Crippen LogP contribution >= 0.6 is 0 Å². The Morgan fingerprint density at radius 2 is 2.00 bits per heavy atom. The van der Waals surface area contributed by atoms with Gasteiger partial charge in [-0.25, -0.2) is 0 Å². The first-order valence-electron chi connectivity index (χ1n) is 10.1. The van der Waals surface area contributed by atoms with Crippen molar-refractivity contribution >= 4 is 29.3 Å². The lowest BCUT2D eigenvalue weighted by molar-refractivity contribution is -0.146. The summed E-state index contributed by atoms with van der Waals surface area (Å²) in [6.45, 7) is 2.95. The van der Waals surface area contributed by atoms with Crippen LogP contribution in [0, 0.1) is 5.92 Å². The summed E-state index contributed by atoms with van der Waals surface area (Å²) < 4.78 is 0. The molecule has 0 unspecified atom stereocenters. The van der Waals surface area contributed by atoms with Gasteiger partial charge in [0.25, 0.3) is 5.91 Å². The molecule has 1 saturated heterocycles. The van der Waals surface area contributed by atoms with Crippen LogP contribution in [0.15, 0.2) is 36.7 Å². The smallest absolute Gasteiger partial charge is 0.313 e. The van der Waals surface area contributed by atoms with E-state index in [1.54, 1.807) is 11.0 Å². The normalized spacial score (nSPS) is 20.0. The number of carbonyl (C=O) groups excluding carboxylic acids is 4. The maximum absolute atomic E-state index is 13.1. The van der Waals surface area contributed by atoms with E-state index in [0.717, 1.165) is 24.0 Å². The van der Waals surface area contributed by atoms with Gasteiger partial charge in [-0.1, -0.05) is 19.1 Å². The van der Waals surface area contributed by atoms with Crippen LogP contribution in [-0.2, 0) is 16.1 Å². The van der Waals surface area contributed by atoms with Crippen molar-refractivity contribution in [2.75, 3.05) is 11.9 Å². The molecule has 1 fully saturated rings. The molecule has 0 radical (unpaired) electrons. The van der Waals surface area contributed by atoms with Crippen LogP contribution < -0.4 is 16.4 Å². The third kappa shape index (κ3) is 4.11. The Morgan fingerprint density at radius 3 is 2.77 bits per heavy atom. The number of hydrogen-bond donors (Lipinski definition) is 3. The molecule has 2 aliphatic heterocycles. The van der Waals surface area contributed by atoms with Gasteiger partial charge in [-0.3, -0.25) is 24.2 Å². The second kappa shape index (κ2) is 8.17. The monoisotopic (exact) mass is 421 g/mol. The van der Waals surface area contributed by atoms with E-state index in [2.05, 4.69) is 15.6 Å². The minimum atomic E-state index is -0.805. The summed E-state index contributed by atoms with van der Waals surface area (Å²) >= 11 is 0. The number of fused-ring (bicyclic) bond motifs is 1. The Kier molecular flexibility index (Phi) is 5.41. The maximum Gasteiger partial charge on any atom is 0.313 e. The largest absolute Gasteiger partial charge is 0.366 e. The van der Waals surface area contributed by atoms with Crippen molar-refractivity contribution in [1.82, 2.24) is 15.2 Å². The van der Waals surface area contributed by atoms with Gasteiger partial charge in [0.15, 0.2) is 0 Å². The van der Waals surface area contributed by atoms with E-state index in [4.69, 9.17) is 5.73 Å². The summed E-state index contributed by atoms with van der Waals surface area (Å²) in [5, 5.41) is 5.31. The number of hydrogen-bond acceptors (Lipinski definition) is 5. The lowest BCUT2D eigenvalue weighted by Crippen LogP contribution is -2.46. The highest BCUT2D eigenvalue weighted by molar-refractivity contribution is 6.39. The molecule has 0 saturated carbocycles. The molecule has 2 aromatic rings. The van der Waals surface area contributed by atoms with Crippen molar-refractivity contribution in [1.29, 1.82) is 0 Å². The number of piperidine rings is 1. The van der Waals surface area contributed by atoms with Crippen molar-refractivity contribution in [3.05, 3.63) is 58.9 Å². The van der Waals surface area contributed by atoms with Crippen molar-refractivity contribution < 1.29 is 19.2 Å². The van der Waals surface area contributed by atoms with Crippen molar-refractivity contribution in [2.45, 2.75) is 32.4 Å². The molecule has 31 heavy (non-hydrogen) atoms. The number of nitrogens with two attached hydrogens (primary N) is 1. The summed E-state index contributed by atoms with van der Waals surface area (Å²) in [4.78, 5) is 54.4. The highest BCUT2D eigenvalue weighted by atomic mass is 16.2. The van der Waals surface area contributed by atoms with E-state index in [-0.39, 0.29) is 29.1 Å². The summed E-state index contributed by atoms with van der Waals surface area (Å²) in [6.07, 6.45) is 4.28. The lowest BCUT2D eigenvalue weighted by atomic mass is 9.88. The zero-order valence-electron chi connectivity index (χ0n) is 17.1. The first-order chi connectivity index (χ1) is 14.8. The SMILES string of the molecule is C[C@H]1CC[C@H](c2ccc3c(c2)CNC3=O)N(C(=O)C(=O)Nc2cncc(C(N)=O)c2)C1. The third-order valence-electron chi connectivity index (χ3n) is 5.75. The lowest BCUT2D eigenvalue weighted by Gasteiger charge is -2.38. The third-order valence-corrected chi connectivity index (χ3v) is 5.75. The Labute approximate surface area is 179 Å². The molecule has 1 aromatic heterocycles. The maximum atomic E-state index is 13.1. The fourth-order valence-corrected chi connectivity index (χ4v) is 4.14. The van der Waals surface area contributed by atoms with Gasteiger partial charge >= 0.3 is 11.8 Å². The predicted molar refractivity (Wildman–Crippen MR) is 112 cm³/mol.